The van der Waals surface area contributed by atoms with Gasteiger partial charge in [-0.1, -0.05) is 0 Å². The van der Waals surface area contributed by atoms with Gasteiger partial charge in [-0.05, 0) is 51.3 Å². The monoisotopic (exact) mass is 247 g/mol. The van der Waals surface area contributed by atoms with Gasteiger partial charge < -0.3 is 15.2 Å². The second kappa shape index (κ2) is 4.76. The van der Waals surface area contributed by atoms with Crippen molar-refractivity contribution in [1.82, 2.24) is 15.2 Å². The van der Waals surface area contributed by atoms with Gasteiger partial charge >= 0.3 is 0 Å². The van der Waals surface area contributed by atoms with Gasteiger partial charge in [0.25, 0.3) is 5.91 Å². The minimum atomic E-state index is 0.0763. The van der Waals surface area contributed by atoms with E-state index in [-0.39, 0.29) is 11.9 Å². The molecule has 1 saturated carbocycles. The van der Waals surface area contributed by atoms with E-state index in [9.17, 15) is 4.79 Å². The Morgan fingerprint density at radius 3 is 3.00 bits per heavy atom. The molecule has 0 bridgehead atoms. The molecule has 1 aliphatic carbocycles. The molecule has 1 aromatic heterocycles. The normalized spacial score (nSPS) is 28.1. The van der Waals surface area contributed by atoms with Crippen molar-refractivity contribution >= 4 is 5.91 Å². The zero-order chi connectivity index (χ0) is 12.5. The van der Waals surface area contributed by atoms with Crippen LogP contribution in [0.25, 0.3) is 0 Å². The number of rotatable bonds is 3. The van der Waals surface area contributed by atoms with E-state index in [0.717, 1.165) is 25.1 Å². The van der Waals surface area contributed by atoms with E-state index in [4.69, 9.17) is 0 Å². The standard InChI is InChI=1S/C14H21N3O/c1-10-12(4-2-8-15-10)16-14(18)13-5-3-9-17(13)11-6-7-11/h3,5,9-12,15H,2,4,6-8H2,1H3,(H,16,18). The van der Waals surface area contributed by atoms with Gasteiger partial charge in [0, 0.05) is 24.3 Å². The molecule has 18 heavy (non-hydrogen) atoms. The number of carbonyl (C=O) groups is 1. The molecule has 2 atom stereocenters. The van der Waals surface area contributed by atoms with E-state index in [2.05, 4.69) is 22.1 Å². The second-order valence-electron chi connectivity index (χ2n) is 5.50. The lowest BCUT2D eigenvalue weighted by atomic mass is 10.00. The van der Waals surface area contributed by atoms with Crippen molar-refractivity contribution in [2.75, 3.05) is 6.54 Å². The van der Waals surface area contributed by atoms with Gasteiger partial charge in [0.05, 0.1) is 0 Å². The Balaban J connectivity index is 1.68. The largest absolute Gasteiger partial charge is 0.346 e. The highest BCUT2D eigenvalue weighted by molar-refractivity contribution is 5.93. The average Bonchev–Trinajstić information content (AvgIpc) is 3.09. The lowest BCUT2D eigenvalue weighted by Crippen LogP contribution is -2.52. The highest BCUT2D eigenvalue weighted by atomic mass is 16.2. The summed E-state index contributed by atoms with van der Waals surface area (Å²) in [4.78, 5) is 12.3. The van der Waals surface area contributed by atoms with E-state index < -0.39 is 0 Å². The number of nitrogens with zero attached hydrogens (tertiary/aromatic N) is 1. The van der Waals surface area contributed by atoms with Crippen LogP contribution in [0.4, 0.5) is 0 Å². The van der Waals surface area contributed by atoms with Crippen LogP contribution >= 0.6 is 0 Å². The number of amides is 1. The Morgan fingerprint density at radius 2 is 2.28 bits per heavy atom. The Morgan fingerprint density at radius 1 is 1.44 bits per heavy atom. The predicted molar refractivity (Wildman–Crippen MR) is 70.7 cm³/mol. The number of aromatic nitrogens is 1. The molecule has 2 aliphatic rings. The van der Waals surface area contributed by atoms with Crippen molar-refractivity contribution in [2.45, 2.75) is 50.7 Å². The molecule has 3 rings (SSSR count). The quantitative estimate of drug-likeness (QED) is 0.854. The molecule has 2 fully saturated rings. The van der Waals surface area contributed by atoms with Gasteiger partial charge in [-0.25, -0.2) is 0 Å². The summed E-state index contributed by atoms with van der Waals surface area (Å²) in [5.41, 5.74) is 0.815. The summed E-state index contributed by atoms with van der Waals surface area (Å²) in [5.74, 6) is 0.0763. The minimum Gasteiger partial charge on any atom is -0.346 e. The fourth-order valence-electron chi connectivity index (χ4n) is 2.74. The van der Waals surface area contributed by atoms with Crippen molar-refractivity contribution in [3.63, 3.8) is 0 Å². The van der Waals surface area contributed by atoms with Gasteiger partial charge in [-0.2, -0.15) is 0 Å². The van der Waals surface area contributed by atoms with Crippen LogP contribution < -0.4 is 10.6 Å². The van der Waals surface area contributed by atoms with Crippen LogP contribution in [0.15, 0.2) is 18.3 Å². The summed E-state index contributed by atoms with van der Waals surface area (Å²) in [6.45, 7) is 3.20. The molecule has 0 aromatic carbocycles. The van der Waals surface area contributed by atoms with Crippen molar-refractivity contribution in [1.29, 1.82) is 0 Å². The molecule has 1 saturated heterocycles. The first kappa shape index (κ1) is 11.8. The number of hydrogen-bond donors (Lipinski definition) is 2. The summed E-state index contributed by atoms with van der Waals surface area (Å²) in [5, 5.41) is 6.58. The van der Waals surface area contributed by atoms with Crippen molar-refractivity contribution < 1.29 is 4.79 Å². The first-order valence-corrected chi connectivity index (χ1v) is 6.97. The van der Waals surface area contributed by atoms with Crippen LogP contribution in [0.5, 0.6) is 0 Å². The third kappa shape index (κ3) is 2.29. The summed E-state index contributed by atoms with van der Waals surface area (Å²) < 4.78 is 2.12. The molecule has 1 amide bonds. The molecule has 4 heteroatoms. The Labute approximate surface area is 108 Å². The van der Waals surface area contributed by atoms with Crippen molar-refractivity contribution in [3.8, 4) is 0 Å². The van der Waals surface area contributed by atoms with E-state index in [1.165, 1.54) is 12.8 Å². The lowest BCUT2D eigenvalue weighted by molar-refractivity contribution is 0.0910. The third-order valence-corrected chi connectivity index (χ3v) is 4.03. The Hall–Kier alpha value is -1.29. The smallest absolute Gasteiger partial charge is 0.268 e. The zero-order valence-electron chi connectivity index (χ0n) is 10.9. The lowest BCUT2D eigenvalue weighted by Gasteiger charge is -2.30. The molecule has 0 radical (unpaired) electrons. The summed E-state index contributed by atoms with van der Waals surface area (Å²) in [6, 6.07) is 5.08. The number of carbonyl (C=O) groups excluding carboxylic acids is 1. The molecule has 4 nitrogen and oxygen atoms in total. The third-order valence-electron chi connectivity index (χ3n) is 4.03. The molecular weight excluding hydrogens is 226 g/mol. The van der Waals surface area contributed by atoms with Crippen LogP contribution in [0.1, 0.15) is 49.1 Å². The van der Waals surface area contributed by atoms with Gasteiger partial charge in [0.1, 0.15) is 5.69 Å². The van der Waals surface area contributed by atoms with Gasteiger partial charge in [-0.3, -0.25) is 4.79 Å². The fourth-order valence-corrected chi connectivity index (χ4v) is 2.74. The van der Waals surface area contributed by atoms with Crippen LogP contribution in [0, 0.1) is 0 Å². The van der Waals surface area contributed by atoms with Crippen molar-refractivity contribution in [3.05, 3.63) is 24.0 Å². The van der Waals surface area contributed by atoms with Crippen LogP contribution in [-0.2, 0) is 0 Å². The number of hydrogen-bond acceptors (Lipinski definition) is 2. The number of nitrogens with one attached hydrogen (secondary N) is 2. The molecule has 1 aliphatic heterocycles. The van der Waals surface area contributed by atoms with E-state index in [1.54, 1.807) is 0 Å². The highest BCUT2D eigenvalue weighted by Gasteiger charge is 2.28. The Kier molecular flexibility index (Phi) is 3.12. The van der Waals surface area contributed by atoms with E-state index >= 15 is 0 Å². The topological polar surface area (TPSA) is 46.1 Å². The first-order valence-electron chi connectivity index (χ1n) is 6.97. The maximum atomic E-state index is 12.3. The zero-order valence-corrected chi connectivity index (χ0v) is 10.9. The Bertz CT molecular complexity index is 436. The summed E-state index contributed by atoms with van der Waals surface area (Å²) in [7, 11) is 0. The van der Waals surface area contributed by atoms with Crippen molar-refractivity contribution in [2.24, 2.45) is 0 Å². The SMILES string of the molecule is CC1NCCCC1NC(=O)c1cccn1C1CC1. The first-order chi connectivity index (χ1) is 8.75. The van der Waals surface area contributed by atoms with Crippen LogP contribution in [-0.4, -0.2) is 29.1 Å². The van der Waals surface area contributed by atoms with Gasteiger partial charge in [0.15, 0.2) is 0 Å². The van der Waals surface area contributed by atoms with Gasteiger partial charge in [-0.15, -0.1) is 0 Å². The summed E-state index contributed by atoms with van der Waals surface area (Å²) >= 11 is 0. The van der Waals surface area contributed by atoms with Crippen LogP contribution in [0.3, 0.4) is 0 Å². The molecule has 1 aromatic rings. The molecule has 0 spiro atoms. The van der Waals surface area contributed by atoms with E-state index in [1.807, 2.05) is 18.3 Å². The predicted octanol–water partition coefficient (Wildman–Crippen LogP) is 1.69. The van der Waals surface area contributed by atoms with Crippen LogP contribution in [0.2, 0.25) is 0 Å². The molecule has 2 heterocycles. The second-order valence-corrected chi connectivity index (χ2v) is 5.50. The average molecular weight is 247 g/mol. The number of piperidine rings is 1. The fraction of sp³-hybridized carbons (Fsp3) is 0.643. The maximum absolute atomic E-state index is 12.3. The molecular formula is C14H21N3O. The highest BCUT2D eigenvalue weighted by Crippen LogP contribution is 2.36. The molecule has 2 unspecified atom stereocenters. The maximum Gasteiger partial charge on any atom is 0.268 e. The van der Waals surface area contributed by atoms with E-state index in [0.29, 0.717) is 12.1 Å². The minimum absolute atomic E-state index is 0.0763. The van der Waals surface area contributed by atoms with Gasteiger partial charge in [0.2, 0.25) is 0 Å². The molecule has 98 valence electrons. The summed E-state index contributed by atoms with van der Waals surface area (Å²) in [6.07, 6.45) is 6.64. The molecule has 2 N–H and O–H groups in total.